The first-order chi connectivity index (χ1) is 15.4. The molecule has 1 aromatic heterocycles. The number of halogens is 1. The number of hydrogen-bond donors (Lipinski definition) is 0. The summed E-state index contributed by atoms with van der Waals surface area (Å²) < 4.78 is 10.9. The van der Waals surface area contributed by atoms with Crippen LogP contribution in [0.4, 0.5) is 5.69 Å². The Labute approximate surface area is 189 Å². The number of amides is 1. The molecule has 0 spiro atoms. The van der Waals surface area contributed by atoms with Gasteiger partial charge in [0.15, 0.2) is 5.76 Å². The molecule has 4 rings (SSSR count). The van der Waals surface area contributed by atoms with E-state index in [0.29, 0.717) is 30.9 Å². The zero-order valence-corrected chi connectivity index (χ0v) is 18.1. The number of rotatable bonds is 6. The molecule has 0 bridgehead atoms. The van der Waals surface area contributed by atoms with Crippen molar-refractivity contribution in [1.82, 2.24) is 15.0 Å². The van der Waals surface area contributed by atoms with Gasteiger partial charge in [-0.2, -0.15) is 0 Å². The van der Waals surface area contributed by atoms with E-state index in [2.05, 4.69) is 10.1 Å². The number of aryl methyl sites for hydroxylation is 1. The molecule has 1 aliphatic rings. The summed E-state index contributed by atoms with van der Waals surface area (Å²) in [6.45, 7) is 5.27. The Hall–Kier alpha value is -3.43. The van der Waals surface area contributed by atoms with Crippen LogP contribution < -0.4 is 4.74 Å². The zero-order chi connectivity index (χ0) is 22.7. The van der Waals surface area contributed by atoms with E-state index >= 15 is 0 Å². The van der Waals surface area contributed by atoms with Crippen molar-refractivity contribution in [3.63, 3.8) is 0 Å². The van der Waals surface area contributed by atoms with E-state index in [1.54, 1.807) is 24.3 Å². The number of piperazine rings is 1. The van der Waals surface area contributed by atoms with Crippen LogP contribution >= 0.6 is 11.6 Å². The van der Waals surface area contributed by atoms with Gasteiger partial charge in [0.25, 0.3) is 5.91 Å². The monoisotopic (exact) mass is 456 g/mol. The molecule has 9 nitrogen and oxygen atoms in total. The molecule has 2 aromatic carbocycles. The van der Waals surface area contributed by atoms with Crippen molar-refractivity contribution < 1.29 is 19.0 Å². The van der Waals surface area contributed by atoms with E-state index in [4.69, 9.17) is 20.9 Å². The Kier molecular flexibility index (Phi) is 6.38. The molecule has 0 unspecified atom stereocenters. The second-order valence-electron chi connectivity index (χ2n) is 7.50. The summed E-state index contributed by atoms with van der Waals surface area (Å²) >= 11 is 5.83. The first-order valence-corrected chi connectivity index (χ1v) is 10.4. The van der Waals surface area contributed by atoms with Gasteiger partial charge in [-0.15, -0.1) is 0 Å². The minimum Gasteiger partial charge on any atom is -0.450 e. The average molecular weight is 457 g/mol. The van der Waals surface area contributed by atoms with Gasteiger partial charge < -0.3 is 14.2 Å². The van der Waals surface area contributed by atoms with Crippen molar-refractivity contribution in [2.45, 2.75) is 13.5 Å². The number of hydrogen-bond acceptors (Lipinski definition) is 7. The number of carbonyl (C=O) groups excluding carboxylic acids is 1. The van der Waals surface area contributed by atoms with Gasteiger partial charge in [-0.05, 0) is 43.3 Å². The van der Waals surface area contributed by atoms with E-state index < -0.39 is 4.92 Å². The fourth-order valence-electron chi connectivity index (χ4n) is 3.51. The summed E-state index contributed by atoms with van der Waals surface area (Å²) in [5, 5.41) is 15.4. The molecule has 0 atom stereocenters. The Bertz CT molecular complexity index is 1120. The minimum absolute atomic E-state index is 0.0656. The van der Waals surface area contributed by atoms with Gasteiger partial charge in [-0.1, -0.05) is 16.8 Å². The fourth-order valence-corrected chi connectivity index (χ4v) is 3.68. The van der Waals surface area contributed by atoms with E-state index in [1.165, 1.54) is 18.2 Å². The molecular weight excluding hydrogens is 436 g/mol. The largest absolute Gasteiger partial charge is 0.450 e. The maximum Gasteiger partial charge on any atom is 0.313 e. The summed E-state index contributed by atoms with van der Waals surface area (Å²) in [6.07, 6.45) is 0. The summed E-state index contributed by atoms with van der Waals surface area (Å²) in [7, 11) is 0. The Morgan fingerprint density at radius 2 is 1.88 bits per heavy atom. The van der Waals surface area contributed by atoms with Gasteiger partial charge in [0.1, 0.15) is 5.75 Å². The van der Waals surface area contributed by atoms with Crippen LogP contribution in [0, 0.1) is 17.0 Å². The van der Waals surface area contributed by atoms with Crippen LogP contribution in [0.25, 0.3) is 0 Å². The van der Waals surface area contributed by atoms with Gasteiger partial charge in [0.05, 0.1) is 17.2 Å². The number of nitro groups is 1. The molecule has 2 heterocycles. The van der Waals surface area contributed by atoms with Crippen LogP contribution in [0.2, 0.25) is 5.02 Å². The third kappa shape index (κ3) is 5.06. The molecule has 10 heteroatoms. The van der Waals surface area contributed by atoms with E-state index in [0.717, 1.165) is 24.5 Å². The Morgan fingerprint density at radius 1 is 1.16 bits per heavy atom. The predicted octanol–water partition coefficient (Wildman–Crippen LogP) is 4.29. The van der Waals surface area contributed by atoms with Gasteiger partial charge >= 0.3 is 5.69 Å². The number of nitro benzene ring substituents is 1. The maximum absolute atomic E-state index is 12.9. The third-order valence-corrected chi connectivity index (χ3v) is 5.40. The summed E-state index contributed by atoms with van der Waals surface area (Å²) in [5.41, 5.74) is 1.16. The van der Waals surface area contributed by atoms with Gasteiger partial charge in [-0.25, -0.2) is 0 Å². The lowest BCUT2D eigenvalue weighted by molar-refractivity contribution is -0.385. The highest BCUT2D eigenvalue weighted by Crippen LogP contribution is 2.33. The van der Waals surface area contributed by atoms with Gasteiger partial charge in [0.2, 0.25) is 5.75 Å². The molecular formula is C22H21ClN4O5. The van der Waals surface area contributed by atoms with Crippen LogP contribution in [-0.4, -0.2) is 52.0 Å². The highest BCUT2D eigenvalue weighted by Gasteiger charge is 2.23. The van der Waals surface area contributed by atoms with Gasteiger partial charge in [0, 0.05) is 48.9 Å². The lowest BCUT2D eigenvalue weighted by Gasteiger charge is -2.34. The fraction of sp³-hybridized carbons (Fsp3) is 0.273. The van der Waals surface area contributed by atoms with Crippen LogP contribution in [0.1, 0.15) is 21.8 Å². The Balaban J connectivity index is 1.35. The molecule has 166 valence electrons. The first kappa shape index (κ1) is 21.8. The number of carbonyl (C=O) groups is 1. The normalized spacial score (nSPS) is 14.4. The van der Waals surface area contributed by atoms with Crippen molar-refractivity contribution in [2.75, 3.05) is 26.2 Å². The lowest BCUT2D eigenvalue weighted by Crippen LogP contribution is -2.48. The van der Waals surface area contributed by atoms with Crippen molar-refractivity contribution >= 4 is 23.2 Å². The minimum atomic E-state index is -0.553. The topological polar surface area (TPSA) is 102 Å². The number of nitrogens with zero attached hydrogens (tertiary/aromatic N) is 4. The predicted molar refractivity (Wildman–Crippen MR) is 117 cm³/mol. The van der Waals surface area contributed by atoms with E-state index in [-0.39, 0.29) is 22.4 Å². The summed E-state index contributed by atoms with van der Waals surface area (Å²) in [5.74, 6) is 1.22. The molecule has 0 radical (unpaired) electrons. The van der Waals surface area contributed by atoms with E-state index in [9.17, 15) is 14.9 Å². The second-order valence-corrected chi connectivity index (χ2v) is 7.93. The summed E-state index contributed by atoms with van der Waals surface area (Å²) in [6, 6.07) is 12.7. The standard InChI is InChI=1S/C22H21ClN4O5/c1-15-12-19(32-24-15)14-25-8-10-26(11-9-25)22(28)16-2-5-18(6-3-16)31-21-7-4-17(23)13-20(21)27(29)30/h2-7,12-13H,8-11,14H2,1H3. The van der Waals surface area contributed by atoms with Crippen molar-refractivity contribution in [3.05, 3.63) is 80.7 Å². The van der Waals surface area contributed by atoms with Crippen LogP contribution in [0.5, 0.6) is 11.5 Å². The maximum atomic E-state index is 12.9. The van der Waals surface area contributed by atoms with Crippen molar-refractivity contribution in [3.8, 4) is 11.5 Å². The SMILES string of the molecule is Cc1cc(CN2CCN(C(=O)c3ccc(Oc4ccc(Cl)cc4[N+](=O)[O-])cc3)CC2)on1. The molecule has 32 heavy (non-hydrogen) atoms. The smallest absolute Gasteiger partial charge is 0.313 e. The number of benzene rings is 2. The average Bonchev–Trinajstić information content (AvgIpc) is 3.20. The van der Waals surface area contributed by atoms with Crippen molar-refractivity contribution in [2.24, 2.45) is 0 Å². The van der Waals surface area contributed by atoms with Crippen LogP contribution in [0.3, 0.4) is 0 Å². The number of ether oxygens (including phenoxy) is 1. The molecule has 1 fully saturated rings. The molecule has 1 aliphatic heterocycles. The highest BCUT2D eigenvalue weighted by molar-refractivity contribution is 6.30. The highest BCUT2D eigenvalue weighted by atomic mass is 35.5. The van der Waals surface area contributed by atoms with Gasteiger partial charge in [-0.3, -0.25) is 19.8 Å². The lowest BCUT2D eigenvalue weighted by atomic mass is 10.1. The molecule has 0 aliphatic carbocycles. The second kappa shape index (κ2) is 9.37. The van der Waals surface area contributed by atoms with Crippen LogP contribution in [0.15, 0.2) is 53.1 Å². The molecule has 1 amide bonds. The first-order valence-electron chi connectivity index (χ1n) is 10.0. The third-order valence-electron chi connectivity index (χ3n) is 5.16. The van der Waals surface area contributed by atoms with Crippen molar-refractivity contribution in [1.29, 1.82) is 0 Å². The van der Waals surface area contributed by atoms with Crippen LogP contribution in [-0.2, 0) is 6.54 Å². The van der Waals surface area contributed by atoms with E-state index in [1.807, 2.05) is 17.9 Å². The Morgan fingerprint density at radius 3 is 2.50 bits per heavy atom. The summed E-state index contributed by atoms with van der Waals surface area (Å²) in [4.78, 5) is 27.5. The zero-order valence-electron chi connectivity index (χ0n) is 17.4. The number of aromatic nitrogens is 1. The quantitative estimate of drug-likeness (QED) is 0.402. The molecule has 0 N–H and O–H groups in total. The molecule has 3 aromatic rings. The molecule has 1 saturated heterocycles. The molecule has 0 saturated carbocycles.